The van der Waals surface area contributed by atoms with Crippen molar-refractivity contribution in [2.75, 3.05) is 0 Å². The lowest BCUT2D eigenvalue weighted by Gasteiger charge is -2.12. The van der Waals surface area contributed by atoms with E-state index in [1.54, 1.807) is 0 Å². The van der Waals surface area contributed by atoms with Gasteiger partial charge in [0.15, 0.2) is 0 Å². The van der Waals surface area contributed by atoms with Gasteiger partial charge in [0.1, 0.15) is 0 Å². The predicted molar refractivity (Wildman–Crippen MR) is 207 cm³/mol. The summed E-state index contributed by atoms with van der Waals surface area (Å²) in [5.41, 5.74) is 8.15. The average Bonchev–Trinajstić information content (AvgIpc) is 3.75. The number of nitrogens with one attached hydrogen (secondary N) is 1. The summed E-state index contributed by atoms with van der Waals surface area (Å²) in [6.07, 6.45) is 21.5. The van der Waals surface area contributed by atoms with Gasteiger partial charge in [-0.1, -0.05) is 158 Å². The van der Waals surface area contributed by atoms with E-state index < -0.39 is 0 Å². The summed E-state index contributed by atoms with van der Waals surface area (Å²) in [7, 11) is 0. The minimum Gasteiger partial charge on any atom is -0.354 e. The summed E-state index contributed by atoms with van der Waals surface area (Å²) >= 11 is 0. The molecule has 1 N–H and O–H groups in total. The molecule has 0 bridgehead atoms. The highest BCUT2D eigenvalue weighted by Crippen LogP contribution is 2.47. The van der Waals surface area contributed by atoms with Crippen molar-refractivity contribution in [3.63, 3.8) is 0 Å². The zero-order chi connectivity index (χ0) is 32.0. The van der Waals surface area contributed by atoms with Crippen molar-refractivity contribution in [3.05, 3.63) is 72.8 Å². The molecule has 7 rings (SSSR count). The number of unbranched alkanes of at least 4 members (excludes halogenated alkanes) is 14. The molecule has 3 heterocycles. The Bertz CT molecular complexity index is 2030. The molecule has 0 amide bonds. The van der Waals surface area contributed by atoms with E-state index >= 15 is 0 Å². The Hall–Kier alpha value is -3.72. The third-order valence-electron chi connectivity index (χ3n) is 10.8. The van der Waals surface area contributed by atoms with Gasteiger partial charge < -0.3 is 14.1 Å². The van der Waals surface area contributed by atoms with Crippen molar-refractivity contribution in [3.8, 4) is 0 Å². The maximum absolute atomic E-state index is 3.96. The molecule has 3 aromatic heterocycles. The van der Waals surface area contributed by atoms with Gasteiger partial charge in [-0.3, -0.25) is 0 Å². The lowest BCUT2D eigenvalue weighted by Crippen LogP contribution is -2.00. The Morgan fingerprint density at radius 3 is 1.36 bits per heavy atom. The third-order valence-corrected chi connectivity index (χ3v) is 10.8. The topological polar surface area (TPSA) is 25.6 Å². The summed E-state index contributed by atoms with van der Waals surface area (Å²) in [6, 6.07) is 27.4. The molecule has 246 valence electrons. The van der Waals surface area contributed by atoms with Crippen LogP contribution in [-0.4, -0.2) is 14.1 Å². The van der Waals surface area contributed by atoms with Crippen LogP contribution in [0.25, 0.3) is 65.4 Å². The van der Waals surface area contributed by atoms with Crippen molar-refractivity contribution in [1.29, 1.82) is 0 Å². The zero-order valence-corrected chi connectivity index (χ0v) is 29.1. The smallest absolute Gasteiger partial charge is 0.0614 e. The number of fused-ring (bicyclic) bond motifs is 12. The maximum Gasteiger partial charge on any atom is 0.0614 e. The van der Waals surface area contributed by atoms with E-state index in [0.29, 0.717) is 0 Å². The molecular formula is C44H55N3. The van der Waals surface area contributed by atoms with E-state index in [1.807, 2.05) is 0 Å². The number of nitrogens with zero attached hydrogens (tertiary/aromatic N) is 2. The van der Waals surface area contributed by atoms with Crippen LogP contribution in [0.3, 0.4) is 0 Å². The van der Waals surface area contributed by atoms with Crippen LogP contribution in [0.5, 0.6) is 0 Å². The van der Waals surface area contributed by atoms with Crippen LogP contribution >= 0.6 is 0 Å². The third kappa shape index (κ3) is 6.19. The number of hydrogen-bond donors (Lipinski definition) is 1. The molecule has 3 nitrogen and oxygen atoms in total. The Morgan fingerprint density at radius 2 is 0.830 bits per heavy atom. The number of aromatic amines is 1. The van der Waals surface area contributed by atoms with Gasteiger partial charge in [0.25, 0.3) is 0 Å². The number of aromatic nitrogens is 3. The standard InChI is InChI=1S/C44H55N3/c1-3-5-7-9-11-13-15-23-31-46-37-29-21-18-26-34(37)40-42-39(33-25-17-20-28-36(33)45-42)43-41(44(40)46)35-27-19-22-30-38(35)47(43)32-24-16-14-12-10-8-6-4-2/h17-22,25-30,45H,3-16,23-24,31-32H2,1-2H3. The van der Waals surface area contributed by atoms with Gasteiger partial charge in [0.2, 0.25) is 0 Å². The van der Waals surface area contributed by atoms with E-state index in [1.165, 1.54) is 168 Å². The minimum absolute atomic E-state index is 1.07. The lowest BCUT2D eigenvalue weighted by molar-refractivity contribution is 0.552. The van der Waals surface area contributed by atoms with E-state index in [2.05, 4.69) is 101 Å². The van der Waals surface area contributed by atoms with E-state index in [4.69, 9.17) is 0 Å². The first-order valence-corrected chi connectivity index (χ1v) is 19.2. The molecule has 0 saturated carbocycles. The average molecular weight is 626 g/mol. The summed E-state index contributed by atoms with van der Waals surface area (Å²) in [5, 5.41) is 8.36. The van der Waals surface area contributed by atoms with Crippen LogP contribution in [0.4, 0.5) is 0 Å². The van der Waals surface area contributed by atoms with Crippen LogP contribution < -0.4 is 0 Å². The van der Waals surface area contributed by atoms with E-state index in [-0.39, 0.29) is 0 Å². The van der Waals surface area contributed by atoms with Gasteiger partial charge in [-0.15, -0.1) is 0 Å². The van der Waals surface area contributed by atoms with E-state index in [9.17, 15) is 0 Å². The summed E-state index contributed by atoms with van der Waals surface area (Å²) < 4.78 is 5.39. The number of H-pyrrole nitrogens is 1. The molecule has 0 atom stereocenters. The molecule has 0 fully saturated rings. The fourth-order valence-electron chi connectivity index (χ4n) is 8.47. The van der Waals surface area contributed by atoms with Gasteiger partial charge in [-0.25, -0.2) is 0 Å². The second-order valence-corrected chi connectivity index (χ2v) is 14.2. The van der Waals surface area contributed by atoms with Crippen LogP contribution in [0, 0.1) is 0 Å². The molecule has 3 heteroatoms. The number of para-hydroxylation sites is 3. The molecule has 0 saturated heterocycles. The number of rotatable bonds is 18. The fourth-order valence-corrected chi connectivity index (χ4v) is 8.47. The molecule has 47 heavy (non-hydrogen) atoms. The van der Waals surface area contributed by atoms with Crippen molar-refractivity contribution < 1.29 is 0 Å². The highest BCUT2D eigenvalue weighted by atomic mass is 15.0. The Labute approximate surface area is 281 Å². The maximum atomic E-state index is 3.96. The zero-order valence-electron chi connectivity index (χ0n) is 29.1. The van der Waals surface area contributed by atoms with Crippen LogP contribution in [0.1, 0.15) is 117 Å². The Morgan fingerprint density at radius 1 is 0.426 bits per heavy atom. The monoisotopic (exact) mass is 625 g/mol. The van der Waals surface area contributed by atoms with E-state index in [0.717, 1.165) is 13.1 Å². The van der Waals surface area contributed by atoms with Gasteiger partial charge in [0.05, 0.1) is 16.6 Å². The van der Waals surface area contributed by atoms with Gasteiger partial charge >= 0.3 is 0 Å². The summed E-state index contributed by atoms with van der Waals surface area (Å²) in [6.45, 7) is 6.75. The van der Waals surface area contributed by atoms with Gasteiger partial charge in [-0.2, -0.15) is 0 Å². The van der Waals surface area contributed by atoms with Crippen molar-refractivity contribution in [2.24, 2.45) is 0 Å². The number of hydrogen-bond acceptors (Lipinski definition) is 0. The quantitative estimate of drug-likeness (QED) is 0.0918. The van der Waals surface area contributed by atoms with Gasteiger partial charge in [0, 0.05) is 62.0 Å². The first kappa shape index (κ1) is 31.9. The Kier molecular flexibility index (Phi) is 10.2. The van der Waals surface area contributed by atoms with Crippen molar-refractivity contribution in [2.45, 2.75) is 130 Å². The molecule has 0 radical (unpaired) electrons. The first-order valence-electron chi connectivity index (χ1n) is 19.2. The molecule has 7 aromatic rings. The SMILES string of the molecule is CCCCCCCCCCn1c2ccccc2c2c3[nH]c4ccccc4c3c3c(c4ccccc4n3CCCCCCCCCC)c21. The Balaban J connectivity index is 1.36. The molecule has 4 aromatic carbocycles. The summed E-state index contributed by atoms with van der Waals surface area (Å²) in [5.74, 6) is 0. The lowest BCUT2D eigenvalue weighted by atomic mass is 10.0. The molecule has 0 aliphatic carbocycles. The normalized spacial score (nSPS) is 12.3. The predicted octanol–water partition coefficient (Wildman–Crippen LogP) is 13.8. The molecule has 0 aliphatic rings. The van der Waals surface area contributed by atoms with Crippen LogP contribution in [-0.2, 0) is 13.1 Å². The minimum atomic E-state index is 1.07. The molecule has 0 aliphatic heterocycles. The highest BCUT2D eigenvalue weighted by Gasteiger charge is 2.25. The van der Waals surface area contributed by atoms with Crippen molar-refractivity contribution >= 4 is 65.4 Å². The van der Waals surface area contributed by atoms with Gasteiger partial charge in [-0.05, 0) is 31.0 Å². The highest BCUT2D eigenvalue weighted by molar-refractivity contribution is 6.39. The summed E-state index contributed by atoms with van der Waals surface area (Å²) in [4.78, 5) is 3.96. The molecule has 0 spiro atoms. The number of benzene rings is 4. The molecule has 0 unspecified atom stereocenters. The second kappa shape index (κ2) is 15.0. The van der Waals surface area contributed by atoms with Crippen LogP contribution in [0.15, 0.2) is 72.8 Å². The largest absolute Gasteiger partial charge is 0.354 e. The van der Waals surface area contributed by atoms with Crippen molar-refractivity contribution in [1.82, 2.24) is 14.1 Å². The van der Waals surface area contributed by atoms with Crippen LogP contribution in [0.2, 0.25) is 0 Å². The molecular weight excluding hydrogens is 571 g/mol. The second-order valence-electron chi connectivity index (χ2n) is 14.2. The fraction of sp³-hybridized carbons (Fsp3) is 0.455. The number of aryl methyl sites for hydroxylation is 2. The first-order chi connectivity index (χ1) is 23.3.